The third-order valence-corrected chi connectivity index (χ3v) is 5.18. The van der Waals surface area contributed by atoms with Gasteiger partial charge in [0, 0.05) is 12.5 Å². The van der Waals surface area contributed by atoms with E-state index in [-0.39, 0.29) is 11.9 Å². The molecule has 2 aromatic carbocycles. The fourth-order valence-electron chi connectivity index (χ4n) is 3.03. The molecule has 4 rings (SSSR count). The molecule has 0 N–H and O–H groups in total. The molecule has 2 aromatic rings. The summed E-state index contributed by atoms with van der Waals surface area (Å²) in [6.45, 7) is 4.77. The molecule has 2 heterocycles. The van der Waals surface area contributed by atoms with Gasteiger partial charge in [0.15, 0.2) is 5.17 Å². The quantitative estimate of drug-likeness (QED) is 0.753. The Morgan fingerprint density at radius 1 is 1.19 bits per heavy atom. The summed E-state index contributed by atoms with van der Waals surface area (Å²) < 4.78 is 5.56. The highest BCUT2D eigenvalue weighted by molar-refractivity contribution is 8.19. The Labute approximate surface area is 157 Å². The lowest BCUT2D eigenvalue weighted by Crippen LogP contribution is -2.29. The van der Waals surface area contributed by atoms with Crippen LogP contribution in [0.2, 0.25) is 0 Å². The van der Waals surface area contributed by atoms with Crippen LogP contribution in [-0.4, -0.2) is 23.7 Å². The Kier molecular flexibility index (Phi) is 4.55. The topological polar surface area (TPSA) is 41.9 Å². The molecule has 0 unspecified atom stereocenters. The average molecular weight is 364 g/mol. The van der Waals surface area contributed by atoms with Crippen molar-refractivity contribution in [3.05, 3.63) is 64.6 Å². The first-order valence-corrected chi connectivity index (χ1v) is 9.56. The summed E-state index contributed by atoms with van der Waals surface area (Å²) in [7, 11) is 0. The van der Waals surface area contributed by atoms with E-state index < -0.39 is 0 Å². The van der Waals surface area contributed by atoms with Crippen LogP contribution in [0.15, 0.2) is 58.4 Å². The molecule has 5 heteroatoms. The van der Waals surface area contributed by atoms with E-state index in [4.69, 9.17) is 4.74 Å². The van der Waals surface area contributed by atoms with E-state index in [1.54, 1.807) is 4.90 Å². The summed E-state index contributed by atoms with van der Waals surface area (Å²) >= 11 is 1.43. The summed E-state index contributed by atoms with van der Waals surface area (Å²) in [6.07, 6.45) is 2.87. The van der Waals surface area contributed by atoms with Crippen LogP contribution in [0.1, 0.15) is 25.0 Å². The predicted octanol–water partition coefficient (Wildman–Crippen LogP) is 4.51. The summed E-state index contributed by atoms with van der Waals surface area (Å²) in [5.41, 5.74) is 3.06. The molecular weight excluding hydrogens is 344 g/mol. The van der Waals surface area contributed by atoms with Crippen LogP contribution in [0, 0.1) is 0 Å². The summed E-state index contributed by atoms with van der Waals surface area (Å²) in [6, 6.07) is 15.9. The third-order valence-electron chi connectivity index (χ3n) is 4.20. The molecule has 0 aliphatic carbocycles. The SMILES string of the molecule is CC(C)N=C1S/C(=C\c2ccc3c(c2)CCO3)C(=O)N1c1ccccc1. The van der Waals surface area contributed by atoms with Crippen LogP contribution in [-0.2, 0) is 11.2 Å². The zero-order valence-electron chi connectivity index (χ0n) is 14.8. The maximum atomic E-state index is 13.1. The van der Waals surface area contributed by atoms with Crippen molar-refractivity contribution in [1.29, 1.82) is 0 Å². The van der Waals surface area contributed by atoms with Crippen LogP contribution < -0.4 is 9.64 Å². The number of ether oxygens (including phenoxy) is 1. The highest BCUT2D eigenvalue weighted by atomic mass is 32.2. The summed E-state index contributed by atoms with van der Waals surface area (Å²) in [5, 5.41) is 0.729. The predicted molar refractivity (Wildman–Crippen MR) is 108 cm³/mol. The number of anilines is 1. The van der Waals surface area contributed by atoms with E-state index in [0.717, 1.165) is 35.2 Å². The highest BCUT2D eigenvalue weighted by Gasteiger charge is 2.34. The molecule has 1 saturated heterocycles. The Morgan fingerprint density at radius 2 is 2.00 bits per heavy atom. The Morgan fingerprint density at radius 3 is 2.77 bits per heavy atom. The fraction of sp³-hybridized carbons (Fsp3) is 0.238. The maximum absolute atomic E-state index is 13.1. The van der Waals surface area contributed by atoms with Crippen molar-refractivity contribution in [2.45, 2.75) is 26.3 Å². The molecule has 0 atom stereocenters. The number of carbonyl (C=O) groups excluding carboxylic acids is 1. The average Bonchev–Trinajstić information content (AvgIpc) is 3.20. The Balaban J connectivity index is 1.71. The number of amides is 1. The number of aliphatic imine (C=N–C) groups is 1. The minimum Gasteiger partial charge on any atom is -0.493 e. The molecule has 2 aliphatic rings. The molecule has 0 saturated carbocycles. The number of thioether (sulfide) groups is 1. The van der Waals surface area contributed by atoms with Crippen molar-refractivity contribution in [1.82, 2.24) is 0 Å². The van der Waals surface area contributed by atoms with Gasteiger partial charge in [0.2, 0.25) is 0 Å². The van der Waals surface area contributed by atoms with Crippen molar-refractivity contribution >= 4 is 34.6 Å². The number of amidine groups is 1. The van der Waals surface area contributed by atoms with Crippen molar-refractivity contribution in [3.63, 3.8) is 0 Å². The fourth-order valence-corrected chi connectivity index (χ4v) is 4.15. The van der Waals surface area contributed by atoms with Crippen molar-refractivity contribution in [3.8, 4) is 5.75 Å². The summed E-state index contributed by atoms with van der Waals surface area (Å²) in [4.78, 5) is 20.1. The molecule has 0 bridgehead atoms. The van der Waals surface area contributed by atoms with Gasteiger partial charge >= 0.3 is 0 Å². The lowest BCUT2D eigenvalue weighted by atomic mass is 10.1. The lowest BCUT2D eigenvalue weighted by Gasteiger charge is -2.16. The molecule has 4 nitrogen and oxygen atoms in total. The maximum Gasteiger partial charge on any atom is 0.271 e. The van der Waals surface area contributed by atoms with Gasteiger partial charge in [-0.05, 0) is 67.1 Å². The number of para-hydroxylation sites is 1. The molecule has 26 heavy (non-hydrogen) atoms. The largest absolute Gasteiger partial charge is 0.493 e. The van der Waals surface area contributed by atoms with Crippen molar-refractivity contribution in [2.24, 2.45) is 4.99 Å². The van der Waals surface area contributed by atoms with Crippen LogP contribution in [0.3, 0.4) is 0 Å². The van der Waals surface area contributed by atoms with Gasteiger partial charge in [-0.1, -0.05) is 24.3 Å². The molecule has 2 aliphatic heterocycles. The smallest absolute Gasteiger partial charge is 0.271 e. The van der Waals surface area contributed by atoms with Gasteiger partial charge in [-0.25, -0.2) is 0 Å². The second-order valence-corrected chi connectivity index (χ2v) is 7.57. The third kappa shape index (κ3) is 3.27. The molecule has 0 spiro atoms. The minimum atomic E-state index is -0.0302. The number of carbonyl (C=O) groups is 1. The molecule has 132 valence electrons. The van der Waals surface area contributed by atoms with Crippen molar-refractivity contribution in [2.75, 3.05) is 11.5 Å². The number of rotatable bonds is 3. The first-order chi connectivity index (χ1) is 12.6. The van der Waals surface area contributed by atoms with E-state index in [1.807, 2.05) is 62.4 Å². The van der Waals surface area contributed by atoms with Crippen molar-refractivity contribution < 1.29 is 9.53 Å². The molecule has 1 amide bonds. The molecule has 1 fully saturated rings. The monoisotopic (exact) mass is 364 g/mol. The minimum absolute atomic E-state index is 0.0302. The number of benzene rings is 2. The van der Waals surface area contributed by atoms with Gasteiger partial charge < -0.3 is 4.74 Å². The van der Waals surface area contributed by atoms with E-state index in [9.17, 15) is 4.79 Å². The van der Waals surface area contributed by atoms with Gasteiger partial charge in [-0.2, -0.15) is 0 Å². The van der Waals surface area contributed by atoms with E-state index in [1.165, 1.54) is 17.3 Å². The highest BCUT2D eigenvalue weighted by Crippen LogP contribution is 2.37. The standard InChI is InChI=1S/C21H20N2O2S/c1-14(2)22-21-23(17-6-4-3-5-7-17)20(24)19(26-21)13-15-8-9-18-16(12-15)10-11-25-18/h3-9,12-14H,10-11H2,1-2H3/b19-13-,22-21?. The second kappa shape index (κ2) is 7.00. The first-order valence-electron chi connectivity index (χ1n) is 8.74. The number of hydrogen-bond acceptors (Lipinski definition) is 4. The summed E-state index contributed by atoms with van der Waals surface area (Å²) in [5.74, 6) is 0.919. The van der Waals surface area contributed by atoms with Gasteiger partial charge in [-0.3, -0.25) is 14.7 Å². The van der Waals surface area contributed by atoms with Crippen LogP contribution in [0.4, 0.5) is 5.69 Å². The van der Waals surface area contributed by atoms with E-state index >= 15 is 0 Å². The number of hydrogen-bond donors (Lipinski definition) is 0. The normalized spacial score (nSPS) is 19.5. The van der Waals surface area contributed by atoms with Crippen LogP contribution in [0.25, 0.3) is 6.08 Å². The molecule has 0 radical (unpaired) electrons. The zero-order valence-corrected chi connectivity index (χ0v) is 15.6. The second-order valence-electron chi connectivity index (χ2n) is 6.56. The van der Waals surface area contributed by atoms with E-state index in [0.29, 0.717) is 4.91 Å². The van der Waals surface area contributed by atoms with Gasteiger partial charge in [0.05, 0.1) is 17.2 Å². The molecule has 0 aromatic heterocycles. The lowest BCUT2D eigenvalue weighted by molar-refractivity contribution is -0.113. The first kappa shape index (κ1) is 16.9. The van der Waals surface area contributed by atoms with Gasteiger partial charge in [0.1, 0.15) is 5.75 Å². The van der Waals surface area contributed by atoms with Gasteiger partial charge in [0.25, 0.3) is 5.91 Å². The number of nitrogens with zero attached hydrogens (tertiary/aromatic N) is 2. The Hall–Kier alpha value is -2.53. The van der Waals surface area contributed by atoms with Gasteiger partial charge in [-0.15, -0.1) is 0 Å². The zero-order chi connectivity index (χ0) is 18.1. The Bertz CT molecular complexity index is 903. The van der Waals surface area contributed by atoms with Crippen LogP contribution >= 0.6 is 11.8 Å². The van der Waals surface area contributed by atoms with E-state index in [2.05, 4.69) is 11.1 Å². The van der Waals surface area contributed by atoms with Crippen LogP contribution in [0.5, 0.6) is 5.75 Å². The molecular formula is C21H20N2O2S. The number of fused-ring (bicyclic) bond motifs is 1.